The van der Waals surface area contributed by atoms with E-state index in [2.05, 4.69) is 20.4 Å². The van der Waals surface area contributed by atoms with Crippen LogP contribution in [0.25, 0.3) is 0 Å². The number of Topliss-reactive ketones (excluding diaryl/α,β-unsaturated/α-hetero) is 1. The molecule has 0 bridgehead atoms. The summed E-state index contributed by atoms with van der Waals surface area (Å²) in [7, 11) is 0. The second-order valence-corrected chi connectivity index (χ2v) is 9.03. The summed E-state index contributed by atoms with van der Waals surface area (Å²) in [5.41, 5.74) is 0.815. The zero-order valence-corrected chi connectivity index (χ0v) is 16.3. The van der Waals surface area contributed by atoms with Crippen molar-refractivity contribution in [2.24, 2.45) is 22.7 Å². The summed E-state index contributed by atoms with van der Waals surface area (Å²) in [6.07, 6.45) is 6.17. The molecular formula is C22H30O5. The Balaban J connectivity index is 1.96. The van der Waals surface area contributed by atoms with Crippen LogP contribution in [0.15, 0.2) is 35.1 Å². The summed E-state index contributed by atoms with van der Waals surface area (Å²) >= 11 is 0. The molecule has 4 atom stereocenters. The largest absolute Gasteiger partial charge is 0.504 e. The third kappa shape index (κ3) is 3.11. The Labute approximate surface area is 160 Å². The molecule has 2 fully saturated rings. The van der Waals surface area contributed by atoms with Crippen molar-refractivity contribution in [1.82, 2.24) is 0 Å². The highest BCUT2D eigenvalue weighted by atomic mass is 16.3. The molecule has 0 aromatic carbocycles. The van der Waals surface area contributed by atoms with E-state index in [9.17, 15) is 24.9 Å². The molecule has 148 valence electrons. The smallest absolute Gasteiger partial charge is 0.226 e. The minimum Gasteiger partial charge on any atom is -0.504 e. The van der Waals surface area contributed by atoms with Crippen LogP contribution in [0.5, 0.6) is 0 Å². The van der Waals surface area contributed by atoms with Crippen molar-refractivity contribution in [3.8, 4) is 0 Å². The SMILES string of the molecule is C=C1CCC2C(C)(CO)CCCC2(C)C1CC1=C(O)C(=O)C(CO)=CC1=O. The van der Waals surface area contributed by atoms with Crippen LogP contribution in [0.4, 0.5) is 0 Å². The van der Waals surface area contributed by atoms with E-state index in [-0.39, 0.29) is 40.9 Å². The fourth-order valence-corrected chi connectivity index (χ4v) is 5.89. The summed E-state index contributed by atoms with van der Waals surface area (Å²) in [5, 5.41) is 29.6. The van der Waals surface area contributed by atoms with Gasteiger partial charge in [-0.1, -0.05) is 32.4 Å². The standard InChI is InChI=1S/C22H30O5/c1-13-5-6-18-21(2,12-24)7-4-8-22(18,3)16(13)10-15-17(25)9-14(11-23)19(26)20(15)27/h9,16,18,23-24,27H,1,4-8,10-12H2,2-3H3. The average Bonchev–Trinajstić information content (AvgIpc) is 2.63. The molecule has 5 heteroatoms. The van der Waals surface area contributed by atoms with Gasteiger partial charge < -0.3 is 15.3 Å². The Bertz CT molecular complexity index is 746. The van der Waals surface area contributed by atoms with Crippen molar-refractivity contribution in [2.45, 2.75) is 52.4 Å². The minimum absolute atomic E-state index is 0.0274. The lowest BCUT2D eigenvalue weighted by molar-refractivity contribution is -0.118. The van der Waals surface area contributed by atoms with Crippen LogP contribution in [-0.2, 0) is 9.59 Å². The van der Waals surface area contributed by atoms with E-state index < -0.39 is 23.9 Å². The van der Waals surface area contributed by atoms with E-state index >= 15 is 0 Å². The first kappa shape index (κ1) is 20.0. The molecule has 2 saturated carbocycles. The van der Waals surface area contributed by atoms with Crippen LogP contribution in [0.2, 0.25) is 0 Å². The van der Waals surface area contributed by atoms with Gasteiger partial charge in [0.15, 0.2) is 11.5 Å². The molecule has 0 radical (unpaired) electrons. The van der Waals surface area contributed by atoms with Crippen molar-refractivity contribution in [3.05, 3.63) is 35.1 Å². The third-order valence-corrected chi connectivity index (χ3v) is 7.48. The Kier molecular flexibility index (Phi) is 5.21. The molecule has 3 aliphatic carbocycles. The number of carbonyl (C=O) groups excluding carboxylic acids is 2. The van der Waals surface area contributed by atoms with Crippen LogP contribution < -0.4 is 0 Å². The number of aliphatic hydroxyl groups excluding tert-OH is 3. The summed E-state index contributed by atoms with van der Waals surface area (Å²) < 4.78 is 0. The second kappa shape index (κ2) is 7.02. The van der Waals surface area contributed by atoms with Gasteiger partial charge in [0.1, 0.15) is 0 Å². The number of rotatable bonds is 4. The van der Waals surface area contributed by atoms with Crippen LogP contribution in [0.1, 0.15) is 52.4 Å². The van der Waals surface area contributed by atoms with Crippen LogP contribution in [0, 0.1) is 22.7 Å². The maximum atomic E-state index is 12.5. The van der Waals surface area contributed by atoms with Gasteiger partial charge in [0, 0.05) is 17.8 Å². The first-order chi connectivity index (χ1) is 12.7. The highest BCUT2D eigenvalue weighted by molar-refractivity contribution is 6.21. The lowest BCUT2D eigenvalue weighted by atomic mass is 9.46. The molecule has 0 heterocycles. The van der Waals surface area contributed by atoms with E-state index in [4.69, 9.17) is 0 Å². The lowest BCUT2D eigenvalue weighted by Crippen LogP contribution is -2.52. The Hall–Kier alpha value is -1.72. The van der Waals surface area contributed by atoms with Gasteiger partial charge in [-0.2, -0.15) is 0 Å². The van der Waals surface area contributed by atoms with Gasteiger partial charge in [-0.15, -0.1) is 0 Å². The van der Waals surface area contributed by atoms with Crippen molar-refractivity contribution < 1.29 is 24.9 Å². The summed E-state index contributed by atoms with van der Waals surface area (Å²) in [6, 6.07) is 0. The quantitative estimate of drug-likeness (QED) is 0.519. The summed E-state index contributed by atoms with van der Waals surface area (Å²) in [4.78, 5) is 24.7. The van der Waals surface area contributed by atoms with E-state index in [0.29, 0.717) is 5.92 Å². The number of hydrogen-bond acceptors (Lipinski definition) is 5. The molecule has 0 amide bonds. The molecule has 4 unspecified atom stereocenters. The van der Waals surface area contributed by atoms with Crippen LogP contribution >= 0.6 is 0 Å². The number of fused-ring (bicyclic) bond motifs is 1. The molecule has 0 aromatic rings. The van der Waals surface area contributed by atoms with Gasteiger partial charge in [0.05, 0.1) is 6.61 Å². The van der Waals surface area contributed by atoms with Crippen LogP contribution in [0.3, 0.4) is 0 Å². The van der Waals surface area contributed by atoms with E-state index in [0.717, 1.165) is 43.8 Å². The van der Waals surface area contributed by atoms with E-state index in [1.165, 1.54) is 0 Å². The van der Waals surface area contributed by atoms with Gasteiger partial charge in [0.2, 0.25) is 5.78 Å². The molecule has 5 nitrogen and oxygen atoms in total. The minimum atomic E-state index is -0.668. The van der Waals surface area contributed by atoms with Crippen molar-refractivity contribution >= 4 is 11.6 Å². The van der Waals surface area contributed by atoms with E-state index in [1.807, 2.05) is 0 Å². The molecule has 0 saturated heterocycles. The predicted octanol–water partition coefficient (Wildman–Crippen LogP) is 3.03. The van der Waals surface area contributed by atoms with Gasteiger partial charge in [-0.3, -0.25) is 9.59 Å². The Morgan fingerprint density at radius 3 is 2.56 bits per heavy atom. The zero-order chi connectivity index (χ0) is 20.0. The number of ketones is 2. The number of allylic oxidation sites excluding steroid dienone is 4. The predicted molar refractivity (Wildman–Crippen MR) is 102 cm³/mol. The Morgan fingerprint density at radius 2 is 1.93 bits per heavy atom. The van der Waals surface area contributed by atoms with Crippen LogP contribution in [-0.4, -0.2) is 40.1 Å². The second-order valence-electron chi connectivity index (χ2n) is 9.03. The molecule has 0 aromatic heterocycles. The number of hydrogen-bond donors (Lipinski definition) is 3. The highest BCUT2D eigenvalue weighted by Crippen LogP contribution is 2.62. The normalized spacial score (nSPS) is 37.3. The zero-order valence-electron chi connectivity index (χ0n) is 16.3. The topological polar surface area (TPSA) is 94.8 Å². The molecule has 0 spiro atoms. The molecular weight excluding hydrogens is 344 g/mol. The fourth-order valence-electron chi connectivity index (χ4n) is 5.89. The average molecular weight is 374 g/mol. The van der Waals surface area contributed by atoms with Crippen molar-refractivity contribution in [1.29, 1.82) is 0 Å². The molecule has 3 aliphatic rings. The van der Waals surface area contributed by atoms with Gasteiger partial charge in [-0.25, -0.2) is 0 Å². The summed E-state index contributed by atoms with van der Waals surface area (Å²) in [5.74, 6) is -1.33. The molecule has 3 rings (SSSR count). The Morgan fingerprint density at radius 1 is 1.22 bits per heavy atom. The number of aliphatic hydroxyl groups is 3. The maximum absolute atomic E-state index is 12.5. The maximum Gasteiger partial charge on any atom is 0.226 e. The monoisotopic (exact) mass is 374 g/mol. The number of carbonyl (C=O) groups is 2. The van der Waals surface area contributed by atoms with Crippen molar-refractivity contribution in [3.63, 3.8) is 0 Å². The van der Waals surface area contributed by atoms with Gasteiger partial charge >= 0.3 is 0 Å². The third-order valence-electron chi connectivity index (χ3n) is 7.48. The fraction of sp³-hybridized carbons (Fsp3) is 0.636. The molecule has 3 N–H and O–H groups in total. The highest BCUT2D eigenvalue weighted by Gasteiger charge is 2.54. The first-order valence-electron chi connectivity index (χ1n) is 9.79. The van der Waals surface area contributed by atoms with E-state index in [1.54, 1.807) is 0 Å². The molecule has 0 aliphatic heterocycles. The summed E-state index contributed by atoms with van der Waals surface area (Å²) in [6.45, 7) is 8.18. The first-order valence-corrected chi connectivity index (χ1v) is 9.79. The molecule has 27 heavy (non-hydrogen) atoms. The lowest BCUT2D eigenvalue weighted by Gasteiger charge is -2.58. The van der Waals surface area contributed by atoms with Crippen molar-refractivity contribution in [2.75, 3.05) is 13.2 Å². The van der Waals surface area contributed by atoms with Gasteiger partial charge in [-0.05, 0) is 60.8 Å². The van der Waals surface area contributed by atoms with Gasteiger partial charge in [0.25, 0.3) is 0 Å².